The molecule has 21 heavy (non-hydrogen) atoms. The van der Waals surface area contributed by atoms with E-state index in [0.29, 0.717) is 24.1 Å². The minimum Gasteiger partial charge on any atom is -0.849 e. The van der Waals surface area contributed by atoms with Crippen LogP contribution in [0.1, 0.15) is 71.5 Å². The normalized spacial score (nSPS) is 17.2. The van der Waals surface area contributed by atoms with Crippen molar-refractivity contribution in [3.05, 3.63) is 23.9 Å². The molecule has 0 aliphatic rings. The second-order valence-electron chi connectivity index (χ2n) is 6.66. The van der Waals surface area contributed by atoms with E-state index in [1.54, 1.807) is 18.3 Å². The number of nitrogen functional groups attached to an aromatic ring is 1. The Hall–Kier alpha value is -1.09. The van der Waals surface area contributed by atoms with Gasteiger partial charge >= 0.3 is 0 Å². The average Bonchev–Trinajstić information content (AvgIpc) is 2.44. The van der Waals surface area contributed by atoms with E-state index in [2.05, 4.69) is 32.7 Å². The maximum atomic E-state index is 12.2. The van der Waals surface area contributed by atoms with Gasteiger partial charge < -0.3 is 10.8 Å². The average molecular weight is 291 g/mol. The summed E-state index contributed by atoms with van der Waals surface area (Å²) >= 11 is 0. The van der Waals surface area contributed by atoms with Crippen LogP contribution in [-0.4, -0.2) is 4.98 Å². The molecule has 3 heteroatoms. The second kappa shape index (κ2) is 9.04. The molecule has 120 valence electrons. The zero-order chi connectivity index (χ0) is 15.8. The summed E-state index contributed by atoms with van der Waals surface area (Å²) in [5.74, 6) is 2.50. The number of nitrogens with zero attached hydrogens (tertiary/aromatic N) is 1. The van der Waals surface area contributed by atoms with Gasteiger partial charge in [0.1, 0.15) is 5.82 Å². The smallest absolute Gasteiger partial charge is 0.123 e. The van der Waals surface area contributed by atoms with Crippen molar-refractivity contribution < 1.29 is 5.11 Å². The molecule has 0 radical (unpaired) electrons. The number of hydrogen-bond donors (Lipinski definition) is 1. The molecular formula is C18H31N2O-. The molecule has 0 spiro atoms. The van der Waals surface area contributed by atoms with Gasteiger partial charge in [-0.05, 0) is 36.3 Å². The predicted molar refractivity (Wildman–Crippen MR) is 87.6 cm³/mol. The van der Waals surface area contributed by atoms with E-state index < -0.39 is 6.10 Å². The van der Waals surface area contributed by atoms with Crippen molar-refractivity contribution in [2.45, 2.75) is 65.9 Å². The van der Waals surface area contributed by atoms with Gasteiger partial charge in [0, 0.05) is 6.20 Å². The van der Waals surface area contributed by atoms with Crippen molar-refractivity contribution >= 4 is 5.82 Å². The van der Waals surface area contributed by atoms with Gasteiger partial charge in [-0.25, -0.2) is 4.98 Å². The highest BCUT2D eigenvalue weighted by molar-refractivity contribution is 5.32. The van der Waals surface area contributed by atoms with Crippen LogP contribution in [0, 0.1) is 17.8 Å². The summed E-state index contributed by atoms with van der Waals surface area (Å²) in [5.41, 5.74) is 6.40. The topological polar surface area (TPSA) is 62.0 Å². The number of nitrogens with two attached hydrogens (primary N) is 1. The molecule has 0 aromatic carbocycles. The number of anilines is 1. The Labute approximate surface area is 130 Å². The van der Waals surface area contributed by atoms with Crippen molar-refractivity contribution in [3.8, 4) is 0 Å². The third-order valence-electron chi connectivity index (χ3n) is 4.59. The Bertz CT molecular complexity index is 408. The van der Waals surface area contributed by atoms with Crippen molar-refractivity contribution in [2.75, 3.05) is 5.73 Å². The molecule has 3 nitrogen and oxygen atoms in total. The lowest BCUT2D eigenvalue weighted by Crippen LogP contribution is -2.19. The van der Waals surface area contributed by atoms with Crippen LogP contribution in [0.15, 0.2) is 18.3 Å². The number of hydrogen-bond acceptors (Lipinski definition) is 3. The molecule has 4 atom stereocenters. The molecule has 0 fully saturated rings. The van der Waals surface area contributed by atoms with E-state index >= 15 is 0 Å². The largest absolute Gasteiger partial charge is 0.849 e. The molecule has 2 N–H and O–H groups in total. The Balaban J connectivity index is 2.39. The standard InChI is InChI=1S/C18H31N2O/c1-5-6-13(2)11-15(4)14(3)7-8-17(21)16-9-10-20-18(19)12-16/h9-10,12-15,17H,5-8,11H2,1-4H3,(H2,19,20)/q-1/t13-,14?,15-,17?/m1/s1. The summed E-state index contributed by atoms with van der Waals surface area (Å²) < 4.78 is 0. The quantitative estimate of drug-likeness (QED) is 0.749. The summed E-state index contributed by atoms with van der Waals surface area (Å²) in [4.78, 5) is 3.93. The highest BCUT2D eigenvalue weighted by Gasteiger charge is 2.15. The second-order valence-corrected chi connectivity index (χ2v) is 6.66. The highest BCUT2D eigenvalue weighted by Crippen LogP contribution is 2.28. The Kier molecular flexibility index (Phi) is 7.73. The SMILES string of the molecule is CCC[C@@H](C)C[C@@H](C)C(C)CCC([O-])c1ccnc(N)c1. The zero-order valence-corrected chi connectivity index (χ0v) is 14.0. The molecule has 1 aromatic rings. The molecular weight excluding hydrogens is 260 g/mol. The Morgan fingerprint density at radius 2 is 1.86 bits per heavy atom. The first-order valence-electron chi connectivity index (χ1n) is 8.31. The first-order valence-corrected chi connectivity index (χ1v) is 8.31. The summed E-state index contributed by atoms with van der Waals surface area (Å²) in [7, 11) is 0. The van der Waals surface area contributed by atoms with Crippen LogP contribution >= 0.6 is 0 Å². The van der Waals surface area contributed by atoms with E-state index in [0.717, 1.165) is 17.9 Å². The van der Waals surface area contributed by atoms with E-state index in [4.69, 9.17) is 5.73 Å². The monoisotopic (exact) mass is 291 g/mol. The lowest BCUT2D eigenvalue weighted by Gasteiger charge is -2.28. The van der Waals surface area contributed by atoms with Gasteiger partial charge in [-0.1, -0.05) is 58.9 Å². The molecule has 1 heterocycles. The fraction of sp³-hybridized carbons (Fsp3) is 0.722. The minimum atomic E-state index is -0.682. The van der Waals surface area contributed by atoms with Crippen LogP contribution < -0.4 is 10.8 Å². The molecule has 2 unspecified atom stereocenters. The van der Waals surface area contributed by atoms with Gasteiger partial charge in [0.25, 0.3) is 0 Å². The van der Waals surface area contributed by atoms with E-state index in [1.807, 2.05) is 0 Å². The maximum absolute atomic E-state index is 12.2. The van der Waals surface area contributed by atoms with Crippen LogP contribution in [0.25, 0.3) is 0 Å². The van der Waals surface area contributed by atoms with Crippen LogP contribution in [-0.2, 0) is 0 Å². The lowest BCUT2D eigenvalue weighted by atomic mass is 9.83. The molecule has 0 bridgehead atoms. The summed E-state index contributed by atoms with van der Waals surface area (Å²) in [6, 6.07) is 3.49. The first kappa shape index (κ1) is 18.0. The molecule has 1 rings (SSSR count). The lowest BCUT2D eigenvalue weighted by molar-refractivity contribution is -0.428. The van der Waals surface area contributed by atoms with Gasteiger partial charge in [-0.15, -0.1) is 6.10 Å². The minimum absolute atomic E-state index is 0.433. The summed E-state index contributed by atoms with van der Waals surface area (Å²) in [6.45, 7) is 9.17. The summed E-state index contributed by atoms with van der Waals surface area (Å²) in [5, 5.41) is 12.2. The van der Waals surface area contributed by atoms with Crippen LogP contribution in [0.5, 0.6) is 0 Å². The Morgan fingerprint density at radius 1 is 1.14 bits per heavy atom. The van der Waals surface area contributed by atoms with E-state index in [1.165, 1.54) is 19.3 Å². The molecule has 1 aromatic heterocycles. The van der Waals surface area contributed by atoms with Crippen molar-refractivity contribution in [2.24, 2.45) is 17.8 Å². The van der Waals surface area contributed by atoms with E-state index in [9.17, 15) is 5.11 Å². The van der Waals surface area contributed by atoms with Crippen molar-refractivity contribution in [1.82, 2.24) is 4.98 Å². The molecule has 0 aliphatic carbocycles. The molecule has 0 aliphatic heterocycles. The zero-order valence-electron chi connectivity index (χ0n) is 14.0. The predicted octanol–water partition coefficient (Wildman–Crippen LogP) is 3.94. The van der Waals surface area contributed by atoms with Gasteiger partial charge in [0.15, 0.2) is 0 Å². The van der Waals surface area contributed by atoms with Crippen molar-refractivity contribution in [1.29, 1.82) is 0 Å². The first-order chi connectivity index (χ1) is 9.93. The van der Waals surface area contributed by atoms with Crippen LogP contribution in [0.4, 0.5) is 5.82 Å². The fourth-order valence-corrected chi connectivity index (χ4v) is 3.01. The highest BCUT2D eigenvalue weighted by atomic mass is 16.3. The molecule has 0 saturated heterocycles. The summed E-state index contributed by atoms with van der Waals surface area (Å²) in [6.07, 6.45) is 6.42. The molecule has 0 amide bonds. The Morgan fingerprint density at radius 3 is 2.48 bits per heavy atom. The number of pyridine rings is 1. The van der Waals surface area contributed by atoms with E-state index in [-0.39, 0.29) is 0 Å². The maximum Gasteiger partial charge on any atom is 0.123 e. The molecule has 0 saturated carbocycles. The van der Waals surface area contributed by atoms with Gasteiger partial charge in [0.05, 0.1) is 0 Å². The third-order valence-corrected chi connectivity index (χ3v) is 4.59. The van der Waals surface area contributed by atoms with Crippen LogP contribution in [0.2, 0.25) is 0 Å². The number of aromatic nitrogens is 1. The van der Waals surface area contributed by atoms with Gasteiger partial charge in [-0.2, -0.15) is 0 Å². The van der Waals surface area contributed by atoms with Crippen LogP contribution in [0.3, 0.4) is 0 Å². The number of rotatable bonds is 9. The fourth-order valence-electron chi connectivity index (χ4n) is 3.01. The third kappa shape index (κ3) is 6.47. The van der Waals surface area contributed by atoms with Gasteiger partial charge in [0.2, 0.25) is 0 Å². The van der Waals surface area contributed by atoms with Crippen molar-refractivity contribution in [3.63, 3.8) is 0 Å². The van der Waals surface area contributed by atoms with Gasteiger partial charge in [-0.3, -0.25) is 0 Å².